The number of carbonyl (C=O) groups excluding carboxylic acids is 2. The van der Waals surface area contributed by atoms with Crippen molar-refractivity contribution in [2.75, 3.05) is 14.2 Å². The minimum absolute atomic E-state index is 0.303. The van der Waals surface area contributed by atoms with E-state index in [0.717, 1.165) is 25.3 Å². The zero-order valence-electron chi connectivity index (χ0n) is 18.8. The maximum absolute atomic E-state index is 12.9. The molecule has 7 heteroatoms. The van der Waals surface area contributed by atoms with Crippen molar-refractivity contribution >= 4 is 11.9 Å². The van der Waals surface area contributed by atoms with E-state index in [4.69, 9.17) is 9.47 Å². The molecule has 0 spiro atoms. The molecule has 3 rings (SSSR count). The number of carbonyl (C=O) groups is 2. The van der Waals surface area contributed by atoms with Crippen LogP contribution in [0.3, 0.4) is 0 Å². The van der Waals surface area contributed by atoms with E-state index in [0.29, 0.717) is 11.1 Å². The van der Waals surface area contributed by atoms with Gasteiger partial charge in [0, 0.05) is 5.92 Å². The van der Waals surface area contributed by atoms with Gasteiger partial charge in [-0.25, -0.2) is 4.79 Å². The van der Waals surface area contributed by atoms with E-state index < -0.39 is 40.9 Å². The van der Waals surface area contributed by atoms with Crippen LogP contribution in [0, 0.1) is 47.8 Å². The first-order valence-electron chi connectivity index (χ1n) is 10.3. The van der Waals surface area contributed by atoms with Crippen LogP contribution in [-0.4, -0.2) is 31.3 Å². The molecular weight excluding hydrogens is 420 g/mol. The maximum Gasteiger partial charge on any atom is 0.337 e. The van der Waals surface area contributed by atoms with Crippen LogP contribution in [0.5, 0.6) is 0 Å². The summed E-state index contributed by atoms with van der Waals surface area (Å²) in [5.41, 5.74) is 0.600. The summed E-state index contributed by atoms with van der Waals surface area (Å²) in [4.78, 5) is 25.8. The summed E-state index contributed by atoms with van der Waals surface area (Å²) >= 11 is 0. The monoisotopic (exact) mass is 444 g/mol. The fourth-order valence-electron chi connectivity index (χ4n) is 4.56. The third kappa shape index (κ3) is 3.83. The Labute approximate surface area is 192 Å². The lowest BCUT2D eigenvalue weighted by Crippen LogP contribution is -2.47. The first kappa shape index (κ1) is 23.6. The third-order valence-corrected chi connectivity index (χ3v) is 6.22. The van der Waals surface area contributed by atoms with E-state index in [1.165, 1.54) is 0 Å². The summed E-state index contributed by atoms with van der Waals surface area (Å²) in [5, 5.41) is 32.2. The Morgan fingerprint density at radius 1 is 0.879 bits per heavy atom. The molecule has 33 heavy (non-hydrogen) atoms. The van der Waals surface area contributed by atoms with Gasteiger partial charge in [-0.1, -0.05) is 59.7 Å². The number of nitriles is 2. The first-order valence-corrected chi connectivity index (χ1v) is 10.3. The van der Waals surface area contributed by atoms with Gasteiger partial charge in [-0.15, -0.1) is 0 Å². The van der Waals surface area contributed by atoms with Crippen molar-refractivity contribution < 1.29 is 24.2 Å². The number of ether oxygens (including phenoxy) is 2. The van der Waals surface area contributed by atoms with Gasteiger partial charge in [-0.3, -0.25) is 4.79 Å². The summed E-state index contributed by atoms with van der Waals surface area (Å²) in [7, 11) is 2.28. The molecule has 0 unspecified atom stereocenters. The summed E-state index contributed by atoms with van der Waals surface area (Å²) in [6.07, 6.45) is 0. The number of aryl methyl sites for hydroxylation is 2. The highest BCUT2D eigenvalue weighted by Gasteiger charge is 2.61. The Morgan fingerprint density at radius 3 is 1.79 bits per heavy atom. The van der Waals surface area contributed by atoms with Gasteiger partial charge < -0.3 is 14.6 Å². The molecule has 0 saturated heterocycles. The van der Waals surface area contributed by atoms with Gasteiger partial charge in [0.25, 0.3) is 0 Å². The number of benzene rings is 2. The molecule has 3 atom stereocenters. The molecule has 0 heterocycles. The standard InChI is InChI=1S/C26H24N2O5/c1-15-5-9-17(10-6-15)21-19(24(30)32-3)23(29)20(25(31)33-4)22(26(21,13-27)14-28)18-11-7-16(2)8-12-18/h5-12,19,21-22,29H,1-4H3/t19-,21-,22+/m1/s1. The molecule has 0 aliphatic heterocycles. The van der Waals surface area contributed by atoms with Crippen molar-refractivity contribution in [2.24, 2.45) is 11.3 Å². The van der Waals surface area contributed by atoms with Gasteiger partial charge in [0.1, 0.15) is 11.7 Å². The highest BCUT2D eigenvalue weighted by Crippen LogP contribution is 2.58. The normalized spacial score (nSPS) is 21.5. The van der Waals surface area contributed by atoms with Crippen LogP contribution in [0.2, 0.25) is 0 Å². The number of methoxy groups -OCH3 is 2. The lowest BCUT2D eigenvalue weighted by molar-refractivity contribution is -0.147. The van der Waals surface area contributed by atoms with E-state index >= 15 is 0 Å². The molecular formula is C26H24N2O5. The second kappa shape index (κ2) is 9.18. The van der Waals surface area contributed by atoms with E-state index in [2.05, 4.69) is 12.1 Å². The number of nitrogens with zero attached hydrogens (tertiary/aromatic N) is 2. The molecule has 0 amide bonds. The molecule has 2 aromatic carbocycles. The Hall–Kier alpha value is -4.10. The number of rotatable bonds is 4. The van der Waals surface area contributed by atoms with Crippen molar-refractivity contribution in [2.45, 2.75) is 25.7 Å². The smallest absolute Gasteiger partial charge is 0.337 e. The molecule has 0 saturated carbocycles. The largest absolute Gasteiger partial charge is 0.511 e. The molecule has 1 aliphatic rings. The Morgan fingerprint density at radius 2 is 1.36 bits per heavy atom. The first-order chi connectivity index (χ1) is 15.7. The predicted molar refractivity (Wildman–Crippen MR) is 119 cm³/mol. The maximum atomic E-state index is 12.9. The van der Waals surface area contributed by atoms with Crippen LogP contribution in [-0.2, 0) is 19.1 Å². The number of hydrogen-bond donors (Lipinski definition) is 1. The van der Waals surface area contributed by atoms with Crippen LogP contribution < -0.4 is 0 Å². The van der Waals surface area contributed by atoms with Crippen LogP contribution in [0.15, 0.2) is 59.9 Å². The Kier molecular flexibility index (Phi) is 6.55. The van der Waals surface area contributed by atoms with Crippen molar-refractivity contribution in [1.29, 1.82) is 10.5 Å². The summed E-state index contributed by atoms with van der Waals surface area (Å²) < 4.78 is 9.84. The fourth-order valence-corrected chi connectivity index (χ4v) is 4.56. The van der Waals surface area contributed by atoms with E-state index in [1.807, 2.05) is 13.8 Å². The SMILES string of the molecule is COC(=O)C1=C(O)[C@H](C(=O)OC)[C@@H](c2ccc(C)cc2)C(C#N)(C#N)[C@H]1c1ccc(C)cc1. The topological polar surface area (TPSA) is 120 Å². The molecule has 0 aromatic heterocycles. The number of aliphatic hydroxyl groups excluding tert-OH is 1. The molecule has 1 N–H and O–H groups in total. The van der Waals surface area contributed by atoms with Gasteiger partial charge >= 0.3 is 11.9 Å². The molecule has 0 radical (unpaired) electrons. The van der Waals surface area contributed by atoms with Gasteiger partial charge in [0.2, 0.25) is 0 Å². The lowest BCUT2D eigenvalue weighted by Gasteiger charge is -2.44. The van der Waals surface area contributed by atoms with Gasteiger partial charge in [0.05, 0.1) is 37.8 Å². The van der Waals surface area contributed by atoms with Gasteiger partial charge in [-0.05, 0) is 25.0 Å². The summed E-state index contributed by atoms with van der Waals surface area (Å²) in [5.74, 6) is -6.09. The number of hydrogen-bond acceptors (Lipinski definition) is 7. The van der Waals surface area contributed by atoms with Crippen LogP contribution >= 0.6 is 0 Å². The highest BCUT2D eigenvalue weighted by atomic mass is 16.5. The molecule has 0 fully saturated rings. The van der Waals surface area contributed by atoms with E-state index in [-0.39, 0.29) is 5.57 Å². The number of esters is 2. The van der Waals surface area contributed by atoms with Crippen LogP contribution in [0.4, 0.5) is 0 Å². The minimum atomic E-state index is -1.93. The van der Waals surface area contributed by atoms with E-state index in [9.17, 15) is 25.2 Å². The Balaban J connectivity index is 2.47. The van der Waals surface area contributed by atoms with Crippen molar-refractivity contribution in [3.8, 4) is 12.1 Å². The average Bonchev–Trinajstić information content (AvgIpc) is 2.83. The summed E-state index contributed by atoms with van der Waals surface area (Å²) in [6, 6.07) is 18.2. The highest BCUT2D eigenvalue weighted by molar-refractivity contribution is 5.94. The molecule has 7 nitrogen and oxygen atoms in total. The summed E-state index contributed by atoms with van der Waals surface area (Å²) in [6.45, 7) is 3.76. The predicted octanol–water partition coefficient (Wildman–Crippen LogP) is 3.99. The van der Waals surface area contributed by atoms with Crippen LogP contribution in [0.25, 0.3) is 0 Å². The zero-order chi connectivity index (χ0) is 24.3. The quantitative estimate of drug-likeness (QED) is 0.708. The molecule has 168 valence electrons. The third-order valence-electron chi connectivity index (χ3n) is 6.22. The fraction of sp³-hybridized carbons (Fsp3) is 0.308. The molecule has 0 bridgehead atoms. The second-order valence-electron chi connectivity index (χ2n) is 8.12. The van der Waals surface area contributed by atoms with Crippen molar-refractivity contribution in [3.63, 3.8) is 0 Å². The van der Waals surface area contributed by atoms with Crippen molar-refractivity contribution in [3.05, 3.63) is 82.1 Å². The minimum Gasteiger partial charge on any atom is -0.511 e. The van der Waals surface area contributed by atoms with Crippen LogP contribution in [0.1, 0.15) is 34.1 Å². The van der Waals surface area contributed by atoms with E-state index in [1.54, 1.807) is 48.5 Å². The lowest BCUT2D eigenvalue weighted by atomic mass is 9.54. The molecule has 2 aromatic rings. The second-order valence-corrected chi connectivity index (χ2v) is 8.12. The Bertz CT molecular complexity index is 1170. The van der Waals surface area contributed by atoms with Crippen molar-refractivity contribution in [1.82, 2.24) is 0 Å². The van der Waals surface area contributed by atoms with Gasteiger partial charge in [-0.2, -0.15) is 10.5 Å². The zero-order valence-corrected chi connectivity index (χ0v) is 18.8. The average molecular weight is 444 g/mol. The number of aliphatic hydroxyl groups is 1. The molecule has 1 aliphatic carbocycles. The van der Waals surface area contributed by atoms with Gasteiger partial charge in [0.15, 0.2) is 5.41 Å².